The van der Waals surface area contributed by atoms with Crippen molar-refractivity contribution in [3.8, 4) is 0 Å². The number of nitrogens with zero attached hydrogens (tertiary/aromatic N) is 5. The molecule has 10 heteroatoms. The highest BCUT2D eigenvalue weighted by molar-refractivity contribution is 7.89. The second kappa shape index (κ2) is 7.59. The molecule has 0 atom stereocenters. The van der Waals surface area contributed by atoms with Crippen LogP contribution in [0.3, 0.4) is 0 Å². The predicted octanol–water partition coefficient (Wildman–Crippen LogP) is 1.87. The van der Waals surface area contributed by atoms with Crippen molar-refractivity contribution in [2.45, 2.75) is 17.7 Å². The van der Waals surface area contributed by atoms with Crippen LogP contribution in [0, 0.1) is 11.6 Å². The molecule has 0 N–H and O–H groups in total. The van der Waals surface area contributed by atoms with Gasteiger partial charge in [-0.2, -0.15) is 4.31 Å². The fourth-order valence-corrected chi connectivity index (χ4v) is 5.05. The Morgan fingerprint density at radius 2 is 1.25 bits per heavy atom. The summed E-state index contributed by atoms with van der Waals surface area (Å²) < 4.78 is 53.4. The van der Waals surface area contributed by atoms with E-state index in [1.807, 2.05) is 17.0 Å². The van der Waals surface area contributed by atoms with Gasteiger partial charge in [0.1, 0.15) is 11.6 Å². The van der Waals surface area contributed by atoms with Gasteiger partial charge in [-0.3, -0.25) is 0 Å². The van der Waals surface area contributed by atoms with Gasteiger partial charge < -0.3 is 9.80 Å². The number of anilines is 2. The monoisotopic (exact) mass is 409 g/mol. The van der Waals surface area contributed by atoms with Crippen LogP contribution in [0.15, 0.2) is 35.2 Å². The number of hydrogen-bond acceptors (Lipinski definition) is 6. The molecule has 0 amide bonds. The molecule has 28 heavy (non-hydrogen) atoms. The number of halogens is 2. The average molecular weight is 409 g/mol. The molecule has 0 aliphatic carbocycles. The predicted molar refractivity (Wildman–Crippen MR) is 101 cm³/mol. The maximum Gasteiger partial charge on any atom is 0.243 e. The van der Waals surface area contributed by atoms with E-state index in [0.717, 1.165) is 43.9 Å². The fraction of sp³-hybridized carbons (Fsp3) is 0.444. The largest absolute Gasteiger partial charge is 0.355 e. The van der Waals surface area contributed by atoms with E-state index in [-0.39, 0.29) is 18.0 Å². The van der Waals surface area contributed by atoms with Crippen molar-refractivity contribution in [3.63, 3.8) is 0 Å². The van der Waals surface area contributed by atoms with Crippen LogP contribution in [0.4, 0.5) is 20.4 Å². The summed E-state index contributed by atoms with van der Waals surface area (Å²) in [6.45, 7) is 3.24. The molecule has 2 fully saturated rings. The first kappa shape index (κ1) is 19.0. The number of aromatic nitrogens is 2. The van der Waals surface area contributed by atoms with Crippen molar-refractivity contribution in [2.24, 2.45) is 0 Å². The molecule has 2 saturated heterocycles. The zero-order valence-electron chi connectivity index (χ0n) is 15.3. The maximum atomic E-state index is 13.4. The molecule has 0 unspecified atom stereocenters. The van der Waals surface area contributed by atoms with Crippen LogP contribution in [0.5, 0.6) is 0 Å². The second-order valence-electron chi connectivity index (χ2n) is 6.94. The van der Waals surface area contributed by atoms with Gasteiger partial charge in [0, 0.05) is 45.3 Å². The molecule has 0 radical (unpaired) electrons. The standard InChI is InChI=1S/C18H21F2N5O2S/c19-14-11-15(20)13-16(12-14)28(26,27)25-9-7-24(8-10-25)18-4-3-17(21-22-18)23-5-1-2-6-23/h3-4,11-13H,1-2,5-10H2. The Balaban J connectivity index is 1.42. The van der Waals surface area contributed by atoms with Crippen LogP contribution in [0.25, 0.3) is 0 Å². The zero-order chi connectivity index (χ0) is 19.7. The Hall–Kier alpha value is -2.33. The van der Waals surface area contributed by atoms with E-state index in [1.165, 1.54) is 4.31 Å². The van der Waals surface area contributed by atoms with Gasteiger partial charge in [-0.05, 0) is 37.1 Å². The molecule has 0 spiro atoms. The smallest absolute Gasteiger partial charge is 0.243 e. The molecule has 2 aromatic rings. The summed E-state index contributed by atoms with van der Waals surface area (Å²) in [7, 11) is -3.95. The van der Waals surface area contributed by atoms with Crippen LogP contribution < -0.4 is 9.80 Å². The summed E-state index contributed by atoms with van der Waals surface area (Å²) in [4.78, 5) is 3.78. The first-order chi connectivity index (χ1) is 13.4. The van der Waals surface area contributed by atoms with E-state index in [2.05, 4.69) is 15.1 Å². The highest BCUT2D eigenvalue weighted by Gasteiger charge is 2.30. The molecule has 0 bridgehead atoms. The lowest BCUT2D eigenvalue weighted by Gasteiger charge is -2.34. The molecule has 4 rings (SSSR count). The average Bonchev–Trinajstić information content (AvgIpc) is 3.22. The van der Waals surface area contributed by atoms with E-state index in [0.29, 0.717) is 25.0 Å². The minimum absolute atomic E-state index is 0.204. The normalized spacial score (nSPS) is 18.6. The molecule has 150 valence electrons. The van der Waals surface area contributed by atoms with Crippen LogP contribution >= 0.6 is 0 Å². The number of rotatable bonds is 4. The Labute approximate surface area is 162 Å². The second-order valence-corrected chi connectivity index (χ2v) is 8.88. The molecule has 2 aliphatic heterocycles. The molecule has 7 nitrogen and oxygen atoms in total. The quantitative estimate of drug-likeness (QED) is 0.768. The molecular weight excluding hydrogens is 388 g/mol. The summed E-state index contributed by atoms with van der Waals surface area (Å²) in [5, 5.41) is 8.57. The number of sulfonamides is 1. The van der Waals surface area contributed by atoms with Gasteiger partial charge in [0.05, 0.1) is 4.90 Å². The SMILES string of the molecule is O=S(=O)(c1cc(F)cc(F)c1)N1CCN(c2ccc(N3CCCC3)nn2)CC1. The number of piperazine rings is 1. The summed E-state index contributed by atoms with van der Waals surface area (Å²) in [5.74, 6) is -0.274. The topological polar surface area (TPSA) is 69.6 Å². The lowest BCUT2D eigenvalue weighted by atomic mass is 10.3. The Bertz CT molecular complexity index is 921. The molecule has 0 saturated carbocycles. The Morgan fingerprint density at radius 1 is 0.750 bits per heavy atom. The third-order valence-electron chi connectivity index (χ3n) is 5.10. The first-order valence-corrected chi connectivity index (χ1v) is 10.7. The summed E-state index contributed by atoms with van der Waals surface area (Å²) in [6, 6.07) is 6.17. The van der Waals surface area contributed by atoms with Crippen molar-refractivity contribution in [1.29, 1.82) is 0 Å². The van der Waals surface area contributed by atoms with Gasteiger partial charge in [-0.15, -0.1) is 10.2 Å². The summed E-state index contributed by atoms with van der Waals surface area (Å²) in [5.41, 5.74) is 0. The van der Waals surface area contributed by atoms with Crippen molar-refractivity contribution < 1.29 is 17.2 Å². The van der Waals surface area contributed by atoms with E-state index >= 15 is 0 Å². The third kappa shape index (κ3) is 3.79. The van der Waals surface area contributed by atoms with Crippen LogP contribution in [-0.4, -0.2) is 62.2 Å². The van der Waals surface area contributed by atoms with Gasteiger partial charge in [-0.1, -0.05) is 0 Å². The molecule has 2 aliphatic rings. The zero-order valence-corrected chi connectivity index (χ0v) is 16.1. The summed E-state index contributed by atoms with van der Waals surface area (Å²) in [6.07, 6.45) is 2.32. The van der Waals surface area contributed by atoms with Crippen LogP contribution in [0.2, 0.25) is 0 Å². The molecule has 1 aromatic carbocycles. The maximum absolute atomic E-state index is 13.4. The van der Waals surface area contributed by atoms with Crippen molar-refractivity contribution in [3.05, 3.63) is 42.0 Å². The van der Waals surface area contributed by atoms with Crippen LogP contribution in [0.1, 0.15) is 12.8 Å². The minimum atomic E-state index is -3.95. The number of benzene rings is 1. The van der Waals surface area contributed by atoms with Crippen molar-refractivity contribution in [1.82, 2.24) is 14.5 Å². The van der Waals surface area contributed by atoms with Gasteiger partial charge >= 0.3 is 0 Å². The van der Waals surface area contributed by atoms with Gasteiger partial charge in [0.15, 0.2) is 11.6 Å². The molecular formula is C18H21F2N5O2S. The van der Waals surface area contributed by atoms with E-state index < -0.39 is 21.7 Å². The highest BCUT2D eigenvalue weighted by atomic mass is 32.2. The first-order valence-electron chi connectivity index (χ1n) is 9.23. The van der Waals surface area contributed by atoms with E-state index in [1.54, 1.807) is 0 Å². The Kier molecular flexibility index (Phi) is 5.15. The fourth-order valence-electron chi connectivity index (χ4n) is 3.59. The highest BCUT2D eigenvalue weighted by Crippen LogP contribution is 2.23. The molecule has 1 aromatic heterocycles. The van der Waals surface area contributed by atoms with Gasteiger partial charge in [0.25, 0.3) is 0 Å². The lowest BCUT2D eigenvalue weighted by molar-refractivity contribution is 0.383. The molecule has 3 heterocycles. The van der Waals surface area contributed by atoms with Crippen LogP contribution in [-0.2, 0) is 10.0 Å². The van der Waals surface area contributed by atoms with E-state index in [4.69, 9.17) is 0 Å². The number of hydrogen-bond donors (Lipinski definition) is 0. The third-order valence-corrected chi connectivity index (χ3v) is 6.98. The van der Waals surface area contributed by atoms with Crippen molar-refractivity contribution in [2.75, 3.05) is 49.1 Å². The summed E-state index contributed by atoms with van der Waals surface area (Å²) >= 11 is 0. The van der Waals surface area contributed by atoms with Crippen molar-refractivity contribution >= 4 is 21.7 Å². The van der Waals surface area contributed by atoms with E-state index in [9.17, 15) is 17.2 Å². The van der Waals surface area contributed by atoms with Gasteiger partial charge in [-0.25, -0.2) is 17.2 Å². The minimum Gasteiger partial charge on any atom is -0.355 e. The Morgan fingerprint density at radius 3 is 1.75 bits per heavy atom. The lowest BCUT2D eigenvalue weighted by Crippen LogP contribution is -2.49. The van der Waals surface area contributed by atoms with Gasteiger partial charge in [0.2, 0.25) is 10.0 Å².